The van der Waals surface area contributed by atoms with Gasteiger partial charge >= 0.3 is 0 Å². The fourth-order valence-electron chi connectivity index (χ4n) is 2.93. The maximum atomic E-state index is 5.89. The van der Waals surface area contributed by atoms with Crippen LogP contribution in [0, 0.1) is 18.3 Å². The number of hydrogen-bond donors (Lipinski definition) is 0. The van der Waals surface area contributed by atoms with Crippen molar-refractivity contribution in [3.8, 4) is 12.3 Å². The Bertz CT molecular complexity index is 380. The lowest BCUT2D eigenvalue weighted by Gasteiger charge is -2.36. The van der Waals surface area contributed by atoms with Crippen molar-refractivity contribution >= 4 is 0 Å². The van der Waals surface area contributed by atoms with E-state index >= 15 is 0 Å². The van der Waals surface area contributed by atoms with Gasteiger partial charge in [0.1, 0.15) is 13.3 Å². The lowest BCUT2D eigenvalue weighted by Crippen LogP contribution is -2.54. The first-order valence-corrected chi connectivity index (χ1v) is 6.93. The zero-order valence-corrected chi connectivity index (χ0v) is 13.0. The molecule has 0 aromatic rings. The van der Waals surface area contributed by atoms with E-state index in [1.165, 1.54) is 0 Å². The summed E-state index contributed by atoms with van der Waals surface area (Å²) in [5, 5.41) is 0. The average molecular weight is 283 g/mol. The summed E-state index contributed by atoms with van der Waals surface area (Å²) in [5.41, 5.74) is -0.202. The molecule has 0 saturated carbocycles. The summed E-state index contributed by atoms with van der Waals surface area (Å²) < 4.78 is 22.9. The van der Waals surface area contributed by atoms with Gasteiger partial charge in [0.25, 0.3) is 0 Å². The third-order valence-corrected chi connectivity index (χ3v) is 4.03. The highest BCUT2D eigenvalue weighted by Gasteiger charge is 2.59. The summed E-state index contributed by atoms with van der Waals surface area (Å²) in [6.45, 7) is 7.70. The number of likely N-dealkylation sites (tertiary alicyclic amines) is 1. The van der Waals surface area contributed by atoms with Crippen LogP contribution in [0.25, 0.3) is 0 Å². The van der Waals surface area contributed by atoms with Crippen LogP contribution in [0.1, 0.15) is 20.8 Å². The zero-order valence-electron chi connectivity index (χ0n) is 13.0. The van der Waals surface area contributed by atoms with Crippen LogP contribution in [0.3, 0.4) is 0 Å². The number of terminal acetylenes is 1. The predicted octanol–water partition coefficient (Wildman–Crippen LogP) is 1.08. The Balaban J connectivity index is 2.17. The molecule has 2 heterocycles. The maximum absolute atomic E-state index is 5.89. The Hall–Kier alpha value is -0.640. The normalized spacial score (nSPS) is 33.1. The summed E-state index contributed by atoms with van der Waals surface area (Å²) in [4.78, 5) is 2.17. The van der Waals surface area contributed by atoms with Crippen molar-refractivity contribution in [3.63, 3.8) is 0 Å². The summed E-state index contributed by atoms with van der Waals surface area (Å²) >= 11 is 0. The van der Waals surface area contributed by atoms with Crippen molar-refractivity contribution < 1.29 is 18.9 Å². The fourth-order valence-corrected chi connectivity index (χ4v) is 2.93. The van der Waals surface area contributed by atoms with Crippen LogP contribution in [0.5, 0.6) is 0 Å². The van der Waals surface area contributed by atoms with E-state index in [4.69, 9.17) is 25.4 Å². The SMILES string of the molecule is C#CC1CN(COC(C)(C)C)C2C1OCC2(OC)OC. The molecule has 3 unspecified atom stereocenters. The molecule has 0 aliphatic carbocycles. The van der Waals surface area contributed by atoms with Crippen LogP contribution in [-0.2, 0) is 18.9 Å². The van der Waals surface area contributed by atoms with Crippen LogP contribution in [0.15, 0.2) is 0 Å². The molecule has 0 amide bonds. The van der Waals surface area contributed by atoms with Crippen LogP contribution >= 0.6 is 0 Å². The average Bonchev–Trinajstić information content (AvgIpc) is 2.94. The van der Waals surface area contributed by atoms with Crippen LogP contribution in [0.2, 0.25) is 0 Å². The molecule has 0 spiro atoms. The predicted molar refractivity (Wildman–Crippen MR) is 75.0 cm³/mol. The monoisotopic (exact) mass is 283 g/mol. The summed E-state index contributed by atoms with van der Waals surface area (Å²) in [5.74, 6) is 2.09. The summed E-state index contributed by atoms with van der Waals surface area (Å²) in [6.07, 6.45) is 5.56. The molecule has 2 saturated heterocycles. The molecule has 2 rings (SSSR count). The minimum absolute atomic E-state index is 0.0377. The number of nitrogens with zero attached hydrogens (tertiary/aromatic N) is 1. The van der Waals surface area contributed by atoms with Gasteiger partial charge in [0.05, 0.1) is 23.7 Å². The molecular weight excluding hydrogens is 258 g/mol. The van der Waals surface area contributed by atoms with Crippen molar-refractivity contribution in [2.24, 2.45) is 5.92 Å². The van der Waals surface area contributed by atoms with Gasteiger partial charge < -0.3 is 18.9 Å². The number of ether oxygens (including phenoxy) is 4. The second kappa shape index (κ2) is 5.63. The van der Waals surface area contributed by atoms with E-state index in [9.17, 15) is 0 Å². The number of fused-ring (bicyclic) bond motifs is 1. The first kappa shape index (κ1) is 15.7. The number of hydrogen-bond acceptors (Lipinski definition) is 5. The van der Waals surface area contributed by atoms with Crippen molar-refractivity contribution in [1.29, 1.82) is 0 Å². The van der Waals surface area contributed by atoms with Crippen molar-refractivity contribution in [2.75, 3.05) is 34.1 Å². The Morgan fingerprint density at radius 1 is 1.35 bits per heavy atom. The summed E-state index contributed by atoms with van der Waals surface area (Å²) in [7, 11) is 3.28. The highest BCUT2D eigenvalue weighted by atomic mass is 16.7. The lowest BCUT2D eigenvalue weighted by molar-refractivity contribution is -0.235. The van der Waals surface area contributed by atoms with Gasteiger partial charge in [-0.2, -0.15) is 0 Å². The van der Waals surface area contributed by atoms with Gasteiger partial charge in [0.15, 0.2) is 0 Å². The quantitative estimate of drug-likeness (QED) is 0.570. The molecule has 2 aliphatic heterocycles. The Morgan fingerprint density at radius 3 is 2.50 bits per heavy atom. The van der Waals surface area contributed by atoms with Gasteiger partial charge in [-0.05, 0) is 20.8 Å². The van der Waals surface area contributed by atoms with Crippen LogP contribution in [-0.4, -0.2) is 62.5 Å². The Kier molecular flexibility index (Phi) is 4.43. The van der Waals surface area contributed by atoms with Gasteiger partial charge in [0.2, 0.25) is 5.79 Å². The Morgan fingerprint density at radius 2 is 2.00 bits per heavy atom. The number of rotatable bonds is 4. The molecule has 2 aliphatic rings. The van der Waals surface area contributed by atoms with E-state index in [-0.39, 0.29) is 23.7 Å². The van der Waals surface area contributed by atoms with Crippen molar-refractivity contribution in [2.45, 2.75) is 44.3 Å². The smallest absolute Gasteiger partial charge is 0.210 e. The first-order valence-electron chi connectivity index (χ1n) is 6.93. The largest absolute Gasteiger partial charge is 0.369 e. The maximum Gasteiger partial charge on any atom is 0.210 e. The topological polar surface area (TPSA) is 40.2 Å². The van der Waals surface area contributed by atoms with Gasteiger partial charge in [0, 0.05) is 20.8 Å². The van der Waals surface area contributed by atoms with Gasteiger partial charge in [-0.15, -0.1) is 6.42 Å². The molecule has 0 bridgehead atoms. The third kappa shape index (κ3) is 2.72. The highest BCUT2D eigenvalue weighted by Crippen LogP contribution is 2.41. The highest BCUT2D eigenvalue weighted by molar-refractivity contribution is 5.14. The molecule has 0 N–H and O–H groups in total. The molecule has 20 heavy (non-hydrogen) atoms. The van der Waals surface area contributed by atoms with Gasteiger partial charge in [-0.3, -0.25) is 4.90 Å². The van der Waals surface area contributed by atoms with E-state index in [0.29, 0.717) is 13.3 Å². The fraction of sp³-hybridized carbons (Fsp3) is 0.867. The number of methoxy groups -OCH3 is 2. The third-order valence-electron chi connectivity index (χ3n) is 4.03. The first-order chi connectivity index (χ1) is 9.37. The second-order valence-electron chi connectivity index (χ2n) is 6.37. The van der Waals surface area contributed by atoms with E-state index in [1.807, 2.05) is 20.8 Å². The molecular formula is C15H25NO4. The van der Waals surface area contributed by atoms with Gasteiger partial charge in [-0.1, -0.05) is 5.92 Å². The molecule has 0 radical (unpaired) electrons. The molecule has 5 heteroatoms. The molecule has 0 aromatic carbocycles. The zero-order chi connectivity index (χ0) is 15.0. The molecule has 114 valence electrons. The minimum atomic E-state index is -0.766. The molecule has 3 atom stereocenters. The standard InChI is InChI=1S/C15H25NO4/c1-7-11-8-16(10-20-14(2,3)4)13-12(11)19-9-15(13,17-5)18-6/h1,11-13H,8-10H2,2-6H3. The minimum Gasteiger partial charge on any atom is -0.369 e. The van der Waals surface area contributed by atoms with E-state index < -0.39 is 5.79 Å². The second-order valence-corrected chi connectivity index (χ2v) is 6.37. The van der Waals surface area contributed by atoms with Crippen molar-refractivity contribution in [3.05, 3.63) is 0 Å². The van der Waals surface area contributed by atoms with Crippen LogP contribution < -0.4 is 0 Å². The lowest BCUT2D eigenvalue weighted by atomic mass is 9.99. The van der Waals surface area contributed by atoms with Crippen molar-refractivity contribution in [1.82, 2.24) is 4.90 Å². The molecule has 5 nitrogen and oxygen atoms in total. The summed E-state index contributed by atoms with van der Waals surface area (Å²) in [6, 6.07) is -0.0408. The van der Waals surface area contributed by atoms with Crippen LogP contribution in [0.4, 0.5) is 0 Å². The molecule has 2 fully saturated rings. The molecule has 0 aromatic heterocycles. The van der Waals surface area contributed by atoms with E-state index in [1.54, 1.807) is 14.2 Å². The Labute approximate surface area is 121 Å². The van der Waals surface area contributed by atoms with E-state index in [0.717, 1.165) is 6.54 Å². The van der Waals surface area contributed by atoms with E-state index in [2.05, 4.69) is 10.8 Å². The van der Waals surface area contributed by atoms with Gasteiger partial charge in [-0.25, -0.2) is 0 Å².